The molecule has 2 N–H and O–H groups in total. The molecular formula is C18H19NO4. The Morgan fingerprint density at radius 3 is 2.61 bits per heavy atom. The summed E-state index contributed by atoms with van der Waals surface area (Å²) in [6.45, 7) is 3.71. The van der Waals surface area contributed by atoms with Crippen molar-refractivity contribution >= 4 is 11.6 Å². The quantitative estimate of drug-likeness (QED) is 0.633. The van der Waals surface area contributed by atoms with Crippen molar-refractivity contribution < 1.29 is 19.4 Å². The normalized spacial score (nSPS) is 10.0. The fourth-order valence-electron chi connectivity index (χ4n) is 2.26. The van der Waals surface area contributed by atoms with Crippen LogP contribution in [0, 0.1) is 0 Å². The summed E-state index contributed by atoms with van der Waals surface area (Å²) in [6, 6.07) is 9.86. The van der Waals surface area contributed by atoms with Gasteiger partial charge in [0.05, 0.1) is 19.9 Å². The third-order valence-electron chi connectivity index (χ3n) is 3.33. The number of phenols is 1. The van der Waals surface area contributed by atoms with E-state index in [0.29, 0.717) is 29.2 Å². The van der Waals surface area contributed by atoms with Crippen molar-refractivity contribution in [3.8, 4) is 17.2 Å². The van der Waals surface area contributed by atoms with E-state index in [-0.39, 0.29) is 11.7 Å². The summed E-state index contributed by atoms with van der Waals surface area (Å²) in [5.41, 5.74) is 1.55. The number of carbonyl (C=O) groups excluding carboxylic acids is 1. The molecule has 0 saturated carbocycles. The maximum Gasteiger partial charge on any atom is 0.255 e. The van der Waals surface area contributed by atoms with Crippen molar-refractivity contribution in [3.63, 3.8) is 0 Å². The van der Waals surface area contributed by atoms with Crippen LogP contribution in [-0.4, -0.2) is 25.2 Å². The van der Waals surface area contributed by atoms with Crippen LogP contribution in [0.15, 0.2) is 49.1 Å². The maximum atomic E-state index is 12.4. The third kappa shape index (κ3) is 3.63. The number of ether oxygens (including phenoxy) is 2. The van der Waals surface area contributed by atoms with Crippen LogP contribution in [0.25, 0.3) is 0 Å². The van der Waals surface area contributed by atoms with Crippen LogP contribution < -0.4 is 14.8 Å². The summed E-state index contributed by atoms with van der Waals surface area (Å²) >= 11 is 0. The Hall–Kier alpha value is -2.95. The van der Waals surface area contributed by atoms with E-state index in [1.54, 1.807) is 43.5 Å². The van der Waals surface area contributed by atoms with Crippen molar-refractivity contribution in [3.05, 3.63) is 60.2 Å². The van der Waals surface area contributed by atoms with Crippen LogP contribution in [0.3, 0.4) is 0 Å². The number of hydrogen-bond donors (Lipinski definition) is 2. The first-order valence-electron chi connectivity index (χ1n) is 7.05. The average Bonchev–Trinajstić information content (AvgIpc) is 2.56. The molecule has 0 aliphatic carbocycles. The molecule has 0 radical (unpaired) electrons. The number of aromatic hydroxyl groups is 1. The Labute approximate surface area is 135 Å². The van der Waals surface area contributed by atoms with Crippen molar-refractivity contribution in [1.82, 2.24) is 0 Å². The van der Waals surface area contributed by atoms with E-state index in [4.69, 9.17) is 9.47 Å². The van der Waals surface area contributed by atoms with Crippen LogP contribution in [0.4, 0.5) is 5.69 Å². The molecule has 1 amide bonds. The molecule has 0 spiro atoms. The molecule has 0 aliphatic heterocycles. The van der Waals surface area contributed by atoms with Crippen LogP contribution in [0.1, 0.15) is 15.9 Å². The first-order chi connectivity index (χ1) is 11.1. The van der Waals surface area contributed by atoms with Crippen molar-refractivity contribution in [1.29, 1.82) is 0 Å². The Balaban J connectivity index is 2.38. The number of para-hydroxylation sites is 2. The second kappa shape index (κ2) is 7.35. The molecule has 120 valence electrons. The van der Waals surface area contributed by atoms with Gasteiger partial charge >= 0.3 is 0 Å². The lowest BCUT2D eigenvalue weighted by molar-refractivity contribution is 0.102. The Kier molecular flexibility index (Phi) is 5.25. The zero-order valence-corrected chi connectivity index (χ0v) is 13.1. The molecular weight excluding hydrogens is 294 g/mol. The van der Waals surface area contributed by atoms with Gasteiger partial charge in [-0.3, -0.25) is 4.79 Å². The highest BCUT2D eigenvalue weighted by Gasteiger charge is 2.16. The summed E-state index contributed by atoms with van der Waals surface area (Å²) in [5, 5.41) is 12.4. The van der Waals surface area contributed by atoms with E-state index >= 15 is 0 Å². The lowest BCUT2D eigenvalue weighted by atomic mass is 10.0. The summed E-state index contributed by atoms with van der Waals surface area (Å²) < 4.78 is 10.6. The Morgan fingerprint density at radius 2 is 2.00 bits per heavy atom. The molecule has 0 atom stereocenters. The van der Waals surface area contributed by atoms with Gasteiger partial charge in [0.25, 0.3) is 5.91 Å². The van der Waals surface area contributed by atoms with Crippen molar-refractivity contribution in [2.45, 2.75) is 6.42 Å². The van der Waals surface area contributed by atoms with Gasteiger partial charge in [-0.1, -0.05) is 18.2 Å². The van der Waals surface area contributed by atoms with Gasteiger partial charge in [-0.05, 0) is 30.7 Å². The van der Waals surface area contributed by atoms with E-state index in [1.807, 2.05) is 0 Å². The van der Waals surface area contributed by atoms with Crippen LogP contribution in [-0.2, 0) is 6.42 Å². The third-order valence-corrected chi connectivity index (χ3v) is 3.33. The van der Waals surface area contributed by atoms with Gasteiger partial charge in [-0.2, -0.15) is 0 Å². The monoisotopic (exact) mass is 313 g/mol. The number of rotatable bonds is 6. The largest absolute Gasteiger partial charge is 0.506 e. The molecule has 0 unspecified atom stereocenters. The van der Waals surface area contributed by atoms with E-state index in [1.165, 1.54) is 13.2 Å². The number of carbonyl (C=O) groups is 1. The average molecular weight is 313 g/mol. The van der Waals surface area contributed by atoms with Gasteiger partial charge in [0.2, 0.25) is 0 Å². The Bertz CT molecular complexity index is 725. The number of amides is 1. The van der Waals surface area contributed by atoms with Crippen LogP contribution in [0.5, 0.6) is 17.2 Å². The number of methoxy groups -OCH3 is 2. The molecule has 0 fully saturated rings. The number of hydrogen-bond acceptors (Lipinski definition) is 4. The van der Waals surface area contributed by atoms with Crippen LogP contribution >= 0.6 is 0 Å². The molecule has 0 bridgehead atoms. The fourth-order valence-corrected chi connectivity index (χ4v) is 2.26. The summed E-state index contributed by atoms with van der Waals surface area (Å²) in [5.74, 6) is 0.700. The van der Waals surface area contributed by atoms with Crippen LogP contribution in [0.2, 0.25) is 0 Å². The van der Waals surface area contributed by atoms with Gasteiger partial charge in [-0.25, -0.2) is 0 Å². The zero-order chi connectivity index (χ0) is 16.8. The lowest BCUT2D eigenvalue weighted by Crippen LogP contribution is -2.13. The predicted molar refractivity (Wildman–Crippen MR) is 89.5 cm³/mol. The molecule has 5 heteroatoms. The standard InChI is InChI=1S/C18H19NO4/c1-4-7-12-10-13(11-16(22-2)17(12)23-3)18(21)19-14-8-5-6-9-15(14)20/h4-6,8-11,20H,1,7H2,2-3H3,(H,19,21). The van der Waals surface area contributed by atoms with Gasteiger partial charge < -0.3 is 19.9 Å². The molecule has 2 aromatic carbocycles. The second-order valence-electron chi connectivity index (χ2n) is 4.83. The summed E-state index contributed by atoms with van der Waals surface area (Å²) in [6.07, 6.45) is 2.26. The van der Waals surface area contributed by atoms with Crippen molar-refractivity contribution in [2.24, 2.45) is 0 Å². The predicted octanol–water partition coefficient (Wildman–Crippen LogP) is 3.39. The van der Waals surface area contributed by atoms with E-state index in [9.17, 15) is 9.90 Å². The lowest BCUT2D eigenvalue weighted by Gasteiger charge is -2.14. The van der Waals surface area contributed by atoms with Gasteiger partial charge in [0, 0.05) is 11.1 Å². The number of benzene rings is 2. The smallest absolute Gasteiger partial charge is 0.255 e. The second-order valence-corrected chi connectivity index (χ2v) is 4.83. The summed E-state index contributed by atoms with van der Waals surface area (Å²) in [4.78, 5) is 12.4. The fraction of sp³-hybridized carbons (Fsp3) is 0.167. The van der Waals surface area contributed by atoms with Gasteiger partial charge in [-0.15, -0.1) is 6.58 Å². The Morgan fingerprint density at radius 1 is 1.26 bits per heavy atom. The summed E-state index contributed by atoms with van der Waals surface area (Å²) in [7, 11) is 3.06. The maximum absolute atomic E-state index is 12.4. The number of allylic oxidation sites excluding steroid dienone is 1. The molecule has 5 nitrogen and oxygen atoms in total. The number of anilines is 1. The van der Waals surface area contributed by atoms with E-state index in [0.717, 1.165) is 5.56 Å². The number of phenolic OH excluding ortho intramolecular Hbond substituents is 1. The zero-order valence-electron chi connectivity index (χ0n) is 13.1. The van der Waals surface area contributed by atoms with Gasteiger partial charge in [0.1, 0.15) is 5.75 Å². The molecule has 23 heavy (non-hydrogen) atoms. The molecule has 0 saturated heterocycles. The number of nitrogens with one attached hydrogen (secondary N) is 1. The van der Waals surface area contributed by atoms with E-state index < -0.39 is 0 Å². The highest BCUT2D eigenvalue weighted by molar-refractivity contribution is 6.05. The topological polar surface area (TPSA) is 67.8 Å². The molecule has 0 aliphatic rings. The van der Waals surface area contributed by atoms with Crippen molar-refractivity contribution in [2.75, 3.05) is 19.5 Å². The molecule has 0 aromatic heterocycles. The SMILES string of the molecule is C=CCc1cc(C(=O)Nc2ccccc2O)cc(OC)c1OC. The highest BCUT2D eigenvalue weighted by Crippen LogP contribution is 2.33. The molecule has 2 aromatic rings. The van der Waals surface area contributed by atoms with Gasteiger partial charge in [0.15, 0.2) is 11.5 Å². The highest BCUT2D eigenvalue weighted by atomic mass is 16.5. The van der Waals surface area contributed by atoms with E-state index in [2.05, 4.69) is 11.9 Å². The molecule has 0 heterocycles. The minimum absolute atomic E-state index is 0.00708. The minimum Gasteiger partial charge on any atom is -0.506 e. The minimum atomic E-state index is -0.349. The first-order valence-corrected chi connectivity index (χ1v) is 7.05. The molecule has 2 rings (SSSR count). The first kappa shape index (κ1) is 16.4.